The Morgan fingerprint density at radius 1 is 1.53 bits per heavy atom. The molecule has 1 aromatic carbocycles. The molecule has 0 aromatic heterocycles. The Morgan fingerprint density at radius 2 is 2.21 bits per heavy atom. The number of carbonyl (C=O) groups excluding carboxylic acids is 1. The van der Waals surface area contributed by atoms with Gasteiger partial charge in [-0.1, -0.05) is 6.92 Å². The van der Waals surface area contributed by atoms with Crippen LogP contribution in [0.4, 0.5) is 5.69 Å². The highest BCUT2D eigenvalue weighted by molar-refractivity contribution is 7.84. The molecule has 3 N–H and O–H groups in total. The minimum atomic E-state index is -0.871. The Morgan fingerprint density at radius 3 is 2.74 bits per heavy atom. The molecule has 0 aliphatic carbocycles. The predicted octanol–water partition coefficient (Wildman–Crippen LogP) is 1.16. The molecule has 0 radical (unpaired) electrons. The zero-order valence-electron chi connectivity index (χ0n) is 11.4. The molecule has 0 saturated carbocycles. The maximum Gasteiger partial charge on any atom is 0.253 e. The molecule has 2 unspecified atom stereocenters. The Kier molecular flexibility index (Phi) is 5.82. The van der Waals surface area contributed by atoms with Gasteiger partial charge >= 0.3 is 0 Å². The van der Waals surface area contributed by atoms with Gasteiger partial charge in [-0.05, 0) is 18.6 Å². The summed E-state index contributed by atoms with van der Waals surface area (Å²) in [6.45, 7) is 2.37. The van der Waals surface area contributed by atoms with Crippen LogP contribution in [0.2, 0.25) is 0 Å². The predicted molar refractivity (Wildman–Crippen MR) is 77.9 cm³/mol. The van der Waals surface area contributed by atoms with E-state index in [1.165, 1.54) is 0 Å². The minimum Gasteiger partial charge on any atom is -0.497 e. The smallest absolute Gasteiger partial charge is 0.253 e. The third-order valence-corrected chi connectivity index (χ3v) is 4.28. The molecule has 19 heavy (non-hydrogen) atoms. The number of carbonyl (C=O) groups is 1. The molecule has 0 aliphatic rings. The van der Waals surface area contributed by atoms with Crippen LogP contribution in [-0.4, -0.2) is 35.3 Å². The number of amides is 1. The van der Waals surface area contributed by atoms with Crippen molar-refractivity contribution in [3.63, 3.8) is 0 Å². The third kappa shape index (κ3) is 4.55. The molecule has 0 fully saturated rings. The number of nitrogens with two attached hydrogens (primary N) is 1. The number of benzene rings is 1. The SMILES string of the molecule is COc1ccc(C(=O)NCCC(C)S(C)=O)c(N)c1. The van der Waals surface area contributed by atoms with Crippen LogP contribution in [0, 0.1) is 0 Å². The van der Waals surface area contributed by atoms with Gasteiger partial charge in [-0.2, -0.15) is 0 Å². The van der Waals surface area contributed by atoms with E-state index in [1.807, 2.05) is 6.92 Å². The summed E-state index contributed by atoms with van der Waals surface area (Å²) in [5.41, 5.74) is 6.59. The van der Waals surface area contributed by atoms with Crippen molar-refractivity contribution in [2.45, 2.75) is 18.6 Å². The average molecular weight is 284 g/mol. The van der Waals surface area contributed by atoms with Gasteiger partial charge in [0.25, 0.3) is 5.91 Å². The molecule has 5 nitrogen and oxygen atoms in total. The van der Waals surface area contributed by atoms with Gasteiger partial charge in [0.2, 0.25) is 0 Å². The van der Waals surface area contributed by atoms with Gasteiger partial charge in [0.15, 0.2) is 0 Å². The molecule has 1 rings (SSSR count). The number of methoxy groups -OCH3 is 1. The van der Waals surface area contributed by atoms with Crippen LogP contribution >= 0.6 is 0 Å². The second-order valence-electron chi connectivity index (χ2n) is 4.31. The van der Waals surface area contributed by atoms with E-state index in [9.17, 15) is 9.00 Å². The topological polar surface area (TPSA) is 81.4 Å². The van der Waals surface area contributed by atoms with Gasteiger partial charge in [0.05, 0.1) is 12.7 Å². The highest BCUT2D eigenvalue weighted by Crippen LogP contribution is 2.19. The summed E-state index contributed by atoms with van der Waals surface area (Å²) in [7, 11) is 0.672. The number of ether oxygens (including phenoxy) is 1. The van der Waals surface area contributed by atoms with E-state index in [0.29, 0.717) is 30.0 Å². The number of hydrogen-bond acceptors (Lipinski definition) is 4. The highest BCUT2D eigenvalue weighted by Gasteiger charge is 2.11. The highest BCUT2D eigenvalue weighted by atomic mass is 32.2. The van der Waals surface area contributed by atoms with Crippen LogP contribution in [-0.2, 0) is 10.8 Å². The number of anilines is 1. The van der Waals surface area contributed by atoms with Crippen molar-refractivity contribution in [1.82, 2.24) is 5.32 Å². The summed E-state index contributed by atoms with van der Waals surface area (Å²) in [5, 5.41) is 2.83. The van der Waals surface area contributed by atoms with E-state index in [4.69, 9.17) is 10.5 Å². The number of rotatable bonds is 6. The number of nitrogens with one attached hydrogen (secondary N) is 1. The van der Waals surface area contributed by atoms with E-state index in [1.54, 1.807) is 31.6 Å². The average Bonchev–Trinajstić information content (AvgIpc) is 2.37. The second-order valence-corrected chi connectivity index (χ2v) is 6.11. The fraction of sp³-hybridized carbons (Fsp3) is 0.462. The van der Waals surface area contributed by atoms with Crippen molar-refractivity contribution >= 4 is 22.4 Å². The van der Waals surface area contributed by atoms with Crippen molar-refractivity contribution in [3.8, 4) is 5.75 Å². The van der Waals surface area contributed by atoms with E-state index < -0.39 is 10.8 Å². The second kappa shape index (κ2) is 7.13. The standard InChI is InChI=1S/C13H20N2O3S/c1-9(19(3)17)6-7-15-13(16)11-5-4-10(18-2)8-12(11)14/h4-5,8-9H,6-7,14H2,1-3H3,(H,15,16). The molecule has 0 aliphatic heterocycles. The molecule has 0 heterocycles. The first-order chi connectivity index (χ1) is 8.95. The maximum absolute atomic E-state index is 11.9. The lowest BCUT2D eigenvalue weighted by molar-refractivity contribution is 0.0954. The van der Waals surface area contributed by atoms with Crippen molar-refractivity contribution < 1.29 is 13.7 Å². The maximum atomic E-state index is 11.9. The van der Waals surface area contributed by atoms with Crippen LogP contribution in [0.5, 0.6) is 5.75 Å². The van der Waals surface area contributed by atoms with Crippen molar-refractivity contribution in [2.24, 2.45) is 0 Å². The van der Waals surface area contributed by atoms with E-state index in [0.717, 1.165) is 0 Å². The van der Waals surface area contributed by atoms with Crippen LogP contribution in [0.15, 0.2) is 18.2 Å². The molecular weight excluding hydrogens is 264 g/mol. The Hall–Kier alpha value is -1.56. The molecular formula is C13H20N2O3S. The van der Waals surface area contributed by atoms with Crippen molar-refractivity contribution in [1.29, 1.82) is 0 Å². The number of nitrogen functional groups attached to an aromatic ring is 1. The lowest BCUT2D eigenvalue weighted by Crippen LogP contribution is -2.28. The largest absolute Gasteiger partial charge is 0.497 e. The van der Waals surface area contributed by atoms with Crippen molar-refractivity contribution in [2.75, 3.05) is 25.6 Å². The summed E-state index contributed by atoms with van der Waals surface area (Å²) in [5.74, 6) is 0.387. The normalized spacial score (nSPS) is 13.6. The van der Waals surface area contributed by atoms with E-state index in [2.05, 4.69) is 5.32 Å². The molecule has 106 valence electrons. The summed E-state index contributed by atoms with van der Waals surface area (Å²) >= 11 is 0. The van der Waals surface area contributed by atoms with Gasteiger partial charge in [0, 0.05) is 40.6 Å². The molecule has 0 saturated heterocycles. The zero-order valence-corrected chi connectivity index (χ0v) is 12.3. The lowest BCUT2D eigenvalue weighted by atomic mass is 10.1. The van der Waals surface area contributed by atoms with Crippen LogP contribution in [0.1, 0.15) is 23.7 Å². The van der Waals surface area contributed by atoms with E-state index in [-0.39, 0.29) is 11.2 Å². The van der Waals surface area contributed by atoms with Gasteiger partial charge in [-0.15, -0.1) is 0 Å². The van der Waals surface area contributed by atoms with Gasteiger partial charge in [-0.25, -0.2) is 0 Å². The Balaban J connectivity index is 2.57. The fourth-order valence-electron chi connectivity index (χ4n) is 1.52. The summed E-state index contributed by atoms with van der Waals surface area (Å²) in [4.78, 5) is 11.9. The Labute approximate surface area is 116 Å². The Bertz CT molecular complexity index is 477. The minimum absolute atomic E-state index is 0.0634. The lowest BCUT2D eigenvalue weighted by Gasteiger charge is -2.11. The molecule has 6 heteroatoms. The quantitative estimate of drug-likeness (QED) is 0.768. The van der Waals surface area contributed by atoms with Gasteiger partial charge in [0.1, 0.15) is 5.75 Å². The monoisotopic (exact) mass is 284 g/mol. The van der Waals surface area contributed by atoms with Crippen molar-refractivity contribution in [3.05, 3.63) is 23.8 Å². The summed E-state index contributed by atoms with van der Waals surface area (Å²) in [6, 6.07) is 4.93. The molecule has 0 spiro atoms. The van der Waals surface area contributed by atoms with Gasteiger partial charge in [-0.3, -0.25) is 9.00 Å². The summed E-state index contributed by atoms with van der Waals surface area (Å²) < 4.78 is 16.2. The fourth-order valence-corrected chi connectivity index (χ4v) is 1.97. The van der Waals surface area contributed by atoms with Crippen LogP contribution in [0.3, 0.4) is 0 Å². The first kappa shape index (κ1) is 15.5. The van der Waals surface area contributed by atoms with Crippen LogP contribution in [0.25, 0.3) is 0 Å². The third-order valence-electron chi connectivity index (χ3n) is 2.91. The molecule has 2 atom stereocenters. The molecule has 0 bridgehead atoms. The van der Waals surface area contributed by atoms with Gasteiger partial charge < -0.3 is 15.8 Å². The molecule has 1 aromatic rings. The zero-order chi connectivity index (χ0) is 14.4. The number of hydrogen-bond donors (Lipinski definition) is 2. The van der Waals surface area contributed by atoms with Crippen LogP contribution < -0.4 is 15.8 Å². The van der Waals surface area contributed by atoms with E-state index >= 15 is 0 Å². The first-order valence-corrected chi connectivity index (χ1v) is 7.61. The summed E-state index contributed by atoms with van der Waals surface area (Å²) in [6.07, 6.45) is 2.33. The first-order valence-electron chi connectivity index (χ1n) is 5.99. The molecule has 1 amide bonds.